The Morgan fingerprint density at radius 2 is 2.09 bits per heavy atom. The second kappa shape index (κ2) is 6.20. The molecule has 1 aromatic carbocycles. The van der Waals surface area contributed by atoms with E-state index < -0.39 is 11.7 Å². The summed E-state index contributed by atoms with van der Waals surface area (Å²) in [7, 11) is 1.85. The van der Waals surface area contributed by atoms with Crippen LogP contribution in [0.25, 0.3) is 0 Å². The van der Waals surface area contributed by atoms with E-state index in [1.165, 1.54) is 5.01 Å². The standard InChI is InChI=1S/C14H21N5O2.H3N.H2/c1-14(2,3)21-13(20)17-9-6-5-7-10-12(9)18(4)8-11(15)19(10)16;;/h5-7,15H,8,16H2,1-4H3,(H,17,20);1H3;1H. The van der Waals surface area contributed by atoms with Gasteiger partial charge in [-0.05, 0) is 32.9 Å². The summed E-state index contributed by atoms with van der Waals surface area (Å²) >= 11 is 0. The molecule has 0 bridgehead atoms. The molecule has 0 saturated heterocycles. The van der Waals surface area contributed by atoms with Crippen molar-refractivity contribution in [2.75, 3.05) is 28.8 Å². The highest BCUT2D eigenvalue weighted by atomic mass is 16.6. The number of fused-ring (bicyclic) bond motifs is 1. The Labute approximate surface area is 131 Å². The van der Waals surface area contributed by atoms with Crippen LogP contribution in [0.3, 0.4) is 0 Å². The highest BCUT2D eigenvalue weighted by molar-refractivity contribution is 6.07. The summed E-state index contributed by atoms with van der Waals surface area (Å²) in [6.45, 7) is 5.79. The van der Waals surface area contributed by atoms with Crippen LogP contribution in [0.4, 0.5) is 21.9 Å². The largest absolute Gasteiger partial charge is 0.444 e. The zero-order chi connectivity index (χ0) is 15.8. The molecule has 7 N–H and O–H groups in total. The highest BCUT2D eigenvalue weighted by Crippen LogP contribution is 2.37. The summed E-state index contributed by atoms with van der Waals surface area (Å²) in [6, 6.07) is 5.36. The lowest BCUT2D eigenvalue weighted by atomic mass is 10.1. The Balaban J connectivity index is 0.00000242. The van der Waals surface area contributed by atoms with Gasteiger partial charge in [-0.25, -0.2) is 10.6 Å². The lowest BCUT2D eigenvalue weighted by Gasteiger charge is -2.35. The molecule has 1 aromatic rings. The number of hydrogen-bond acceptors (Lipinski definition) is 6. The second-order valence-corrected chi connectivity index (χ2v) is 5.97. The van der Waals surface area contributed by atoms with Gasteiger partial charge < -0.3 is 15.8 Å². The van der Waals surface area contributed by atoms with Crippen molar-refractivity contribution in [1.82, 2.24) is 6.15 Å². The van der Waals surface area contributed by atoms with Crippen LogP contribution >= 0.6 is 0 Å². The second-order valence-electron chi connectivity index (χ2n) is 5.97. The Morgan fingerprint density at radius 1 is 1.45 bits per heavy atom. The number of rotatable bonds is 1. The average Bonchev–Trinajstić information content (AvgIpc) is 2.33. The van der Waals surface area contributed by atoms with Gasteiger partial charge in [-0.15, -0.1) is 0 Å². The van der Waals surface area contributed by atoms with E-state index in [1.807, 2.05) is 32.7 Å². The van der Waals surface area contributed by atoms with Crippen molar-refractivity contribution in [3.63, 3.8) is 0 Å². The zero-order valence-electron chi connectivity index (χ0n) is 13.4. The maximum atomic E-state index is 11.9. The van der Waals surface area contributed by atoms with Crippen molar-refractivity contribution in [2.45, 2.75) is 26.4 Å². The van der Waals surface area contributed by atoms with Crippen molar-refractivity contribution < 1.29 is 11.0 Å². The van der Waals surface area contributed by atoms with Gasteiger partial charge >= 0.3 is 6.09 Å². The van der Waals surface area contributed by atoms with E-state index in [9.17, 15) is 4.79 Å². The van der Waals surface area contributed by atoms with E-state index in [-0.39, 0.29) is 7.58 Å². The molecule has 0 radical (unpaired) electrons. The number of likely N-dealkylation sites (N-methyl/N-ethyl adjacent to an activating group) is 1. The maximum absolute atomic E-state index is 11.9. The first-order valence-corrected chi connectivity index (χ1v) is 6.65. The summed E-state index contributed by atoms with van der Waals surface area (Å²) in [5, 5.41) is 11.9. The molecule has 0 fully saturated rings. The van der Waals surface area contributed by atoms with E-state index in [0.717, 1.165) is 5.69 Å². The van der Waals surface area contributed by atoms with Crippen molar-refractivity contribution in [3.8, 4) is 0 Å². The van der Waals surface area contributed by atoms with Gasteiger partial charge in [0.15, 0.2) is 0 Å². The first-order valence-electron chi connectivity index (χ1n) is 6.65. The minimum absolute atomic E-state index is 0. The van der Waals surface area contributed by atoms with E-state index in [1.54, 1.807) is 18.2 Å². The summed E-state index contributed by atoms with van der Waals surface area (Å²) in [5.41, 5.74) is 1.48. The molecule has 1 heterocycles. The third-order valence-corrected chi connectivity index (χ3v) is 2.97. The topological polar surface area (TPSA) is 130 Å². The number of carbonyl (C=O) groups is 1. The predicted octanol–water partition coefficient (Wildman–Crippen LogP) is 2.55. The molecule has 0 aromatic heterocycles. The number of amides is 1. The summed E-state index contributed by atoms with van der Waals surface area (Å²) in [6.07, 6.45) is -0.520. The smallest absolute Gasteiger partial charge is 0.412 e. The fourth-order valence-corrected chi connectivity index (χ4v) is 2.17. The molecule has 1 amide bonds. The molecule has 8 heteroatoms. The average molecular weight is 310 g/mol. The van der Waals surface area contributed by atoms with Crippen LogP contribution < -0.4 is 27.2 Å². The molecule has 1 aliphatic heterocycles. The summed E-state index contributed by atoms with van der Waals surface area (Å²) in [4.78, 5) is 13.8. The molecular formula is C14H26N6O2. The summed E-state index contributed by atoms with van der Waals surface area (Å²) in [5.74, 6) is 6.18. The van der Waals surface area contributed by atoms with Crippen molar-refractivity contribution in [3.05, 3.63) is 18.2 Å². The molecule has 0 spiro atoms. The number of ether oxygens (including phenoxy) is 1. The first-order chi connectivity index (χ1) is 9.69. The monoisotopic (exact) mass is 310 g/mol. The number of nitrogens with zero attached hydrogens (tertiary/aromatic N) is 2. The molecule has 0 unspecified atom stereocenters. The van der Waals surface area contributed by atoms with Crippen LogP contribution in [0, 0.1) is 5.41 Å². The predicted molar refractivity (Wildman–Crippen MR) is 91.1 cm³/mol. The molecule has 124 valence electrons. The number of hydrazine groups is 1. The lowest BCUT2D eigenvalue weighted by molar-refractivity contribution is 0.0636. The fraction of sp³-hybridized carbons (Fsp3) is 0.429. The lowest BCUT2D eigenvalue weighted by Crippen LogP contribution is -2.48. The molecule has 0 atom stereocenters. The van der Waals surface area contributed by atoms with Crippen molar-refractivity contribution >= 4 is 29.0 Å². The van der Waals surface area contributed by atoms with Gasteiger partial charge in [0.1, 0.15) is 11.4 Å². The molecule has 22 heavy (non-hydrogen) atoms. The number of para-hydroxylation sites is 1. The van der Waals surface area contributed by atoms with Gasteiger partial charge in [0, 0.05) is 8.47 Å². The molecular weight excluding hydrogens is 284 g/mol. The molecule has 0 aliphatic carbocycles. The Morgan fingerprint density at radius 3 is 2.68 bits per heavy atom. The minimum atomic E-state index is -0.563. The number of amidine groups is 1. The SMILES string of the molecule is CN1CC(=N)N(N)c2cccc(NC(=O)OC(C)(C)C)c21.N.[HH]. The molecule has 1 aliphatic rings. The Kier molecular flexibility index (Phi) is 5.00. The fourth-order valence-electron chi connectivity index (χ4n) is 2.17. The minimum Gasteiger partial charge on any atom is -0.444 e. The third kappa shape index (κ3) is 3.66. The maximum Gasteiger partial charge on any atom is 0.412 e. The Hall–Kier alpha value is -2.32. The molecule has 2 rings (SSSR count). The molecule has 8 nitrogen and oxygen atoms in total. The highest BCUT2D eigenvalue weighted by Gasteiger charge is 2.26. The van der Waals surface area contributed by atoms with Crippen LogP contribution in [0.1, 0.15) is 22.2 Å². The number of hydrogen-bond donors (Lipinski definition) is 4. The van der Waals surface area contributed by atoms with E-state index in [2.05, 4.69) is 5.32 Å². The van der Waals surface area contributed by atoms with E-state index in [4.69, 9.17) is 16.0 Å². The summed E-state index contributed by atoms with van der Waals surface area (Å²) < 4.78 is 5.26. The van der Waals surface area contributed by atoms with Gasteiger partial charge in [-0.2, -0.15) is 0 Å². The van der Waals surface area contributed by atoms with Gasteiger partial charge in [-0.1, -0.05) is 6.07 Å². The van der Waals surface area contributed by atoms with Gasteiger partial charge in [0.2, 0.25) is 0 Å². The van der Waals surface area contributed by atoms with Gasteiger partial charge in [-0.3, -0.25) is 15.7 Å². The van der Waals surface area contributed by atoms with Crippen molar-refractivity contribution in [2.24, 2.45) is 5.84 Å². The number of anilines is 3. The number of carbonyl (C=O) groups excluding carboxylic acids is 1. The third-order valence-electron chi connectivity index (χ3n) is 2.97. The van der Waals surface area contributed by atoms with Gasteiger partial charge in [0.05, 0.1) is 23.6 Å². The van der Waals surface area contributed by atoms with Crippen LogP contribution in [-0.2, 0) is 4.74 Å². The zero-order valence-corrected chi connectivity index (χ0v) is 13.4. The van der Waals surface area contributed by atoms with Crippen LogP contribution in [0.15, 0.2) is 18.2 Å². The van der Waals surface area contributed by atoms with E-state index >= 15 is 0 Å². The van der Waals surface area contributed by atoms with Crippen LogP contribution in [0.5, 0.6) is 0 Å². The quantitative estimate of drug-likeness (QED) is 0.590. The Bertz CT molecular complexity index is 587. The number of benzene rings is 1. The van der Waals surface area contributed by atoms with Crippen LogP contribution in [-0.4, -0.2) is 31.1 Å². The molecule has 0 saturated carbocycles. The number of nitrogens with one attached hydrogen (secondary N) is 2. The number of nitrogens with two attached hydrogens (primary N) is 1. The normalized spacial score (nSPS) is 14.1. The van der Waals surface area contributed by atoms with Gasteiger partial charge in [0.25, 0.3) is 0 Å². The van der Waals surface area contributed by atoms with E-state index in [0.29, 0.717) is 23.8 Å². The first kappa shape index (κ1) is 17.7. The van der Waals surface area contributed by atoms with Crippen LogP contribution in [0.2, 0.25) is 0 Å². The van der Waals surface area contributed by atoms with Crippen molar-refractivity contribution in [1.29, 1.82) is 5.41 Å².